The highest BCUT2D eigenvalue weighted by molar-refractivity contribution is 5.70. The monoisotopic (exact) mass is 600 g/mol. The van der Waals surface area contributed by atoms with E-state index in [0.29, 0.717) is 55.2 Å². The minimum Gasteiger partial charge on any atom is -0.492 e. The molecule has 0 amide bonds. The maximum absolute atomic E-state index is 13.0. The molecule has 1 atom stereocenters. The second kappa shape index (κ2) is 14.4. The SMILES string of the molecule is CCC1CCN(c2nc(Nc3ccc(C(F)(F)F)cc3)nc(N(C)CCOc3ccc(CC(CC)C(=O)O)cc3)n2)CC1. The lowest BCUT2D eigenvalue weighted by Crippen LogP contribution is -2.35. The molecule has 2 N–H and O–H groups in total. The number of hydrogen-bond donors (Lipinski definition) is 2. The standard InChI is InChI=1S/C31H39F3N6O3/c1-4-21-14-16-40(17-15-21)30-37-28(35-25-10-8-24(9-11-25)31(32,33)34)36-29(38-30)39(3)18-19-43-26-12-6-22(7-13-26)20-23(5-2)27(41)42/h6-13,21,23H,4-5,14-20H2,1-3H3,(H,41,42)(H,35,36,37,38). The molecule has 2 heterocycles. The summed E-state index contributed by atoms with van der Waals surface area (Å²) in [6, 6.07) is 12.2. The van der Waals surface area contributed by atoms with Crippen molar-refractivity contribution in [2.24, 2.45) is 11.8 Å². The summed E-state index contributed by atoms with van der Waals surface area (Å²) in [4.78, 5) is 29.2. The first-order valence-electron chi connectivity index (χ1n) is 14.7. The van der Waals surface area contributed by atoms with Crippen molar-refractivity contribution in [2.75, 3.05) is 48.4 Å². The predicted octanol–water partition coefficient (Wildman–Crippen LogP) is 6.43. The van der Waals surface area contributed by atoms with Gasteiger partial charge in [0.25, 0.3) is 0 Å². The molecule has 3 aromatic rings. The van der Waals surface area contributed by atoms with Crippen LogP contribution in [0.5, 0.6) is 5.75 Å². The van der Waals surface area contributed by atoms with Crippen molar-refractivity contribution in [3.8, 4) is 5.75 Å². The Morgan fingerprint density at radius 1 is 1.07 bits per heavy atom. The quantitative estimate of drug-likeness (QED) is 0.230. The molecule has 1 saturated heterocycles. The van der Waals surface area contributed by atoms with E-state index in [0.717, 1.165) is 50.0 Å². The summed E-state index contributed by atoms with van der Waals surface area (Å²) in [5.74, 6) is 1.30. The summed E-state index contributed by atoms with van der Waals surface area (Å²) in [6.07, 6.45) is -0.174. The van der Waals surface area contributed by atoms with Crippen LogP contribution < -0.4 is 19.9 Å². The highest BCUT2D eigenvalue weighted by Crippen LogP contribution is 2.31. The van der Waals surface area contributed by atoms with E-state index in [1.807, 2.05) is 43.1 Å². The number of carboxylic acid groups (broad SMARTS) is 1. The van der Waals surface area contributed by atoms with E-state index in [2.05, 4.69) is 27.1 Å². The molecule has 4 rings (SSSR count). The second-order valence-electron chi connectivity index (χ2n) is 10.9. The van der Waals surface area contributed by atoms with Gasteiger partial charge < -0.3 is 25.0 Å². The van der Waals surface area contributed by atoms with Gasteiger partial charge >= 0.3 is 12.1 Å². The van der Waals surface area contributed by atoms with Gasteiger partial charge in [0.2, 0.25) is 17.8 Å². The third kappa shape index (κ3) is 8.95. The molecule has 2 aromatic carbocycles. The first-order chi connectivity index (χ1) is 20.5. The Morgan fingerprint density at radius 3 is 2.33 bits per heavy atom. The summed E-state index contributed by atoms with van der Waals surface area (Å²) >= 11 is 0. The lowest BCUT2D eigenvalue weighted by molar-refractivity contribution is -0.141. The van der Waals surface area contributed by atoms with Crippen molar-refractivity contribution in [3.63, 3.8) is 0 Å². The van der Waals surface area contributed by atoms with Gasteiger partial charge in [0.05, 0.1) is 18.0 Å². The summed E-state index contributed by atoms with van der Waals surface area (Å²) in [5.41, 5.74) is 0.643. The Labute approximate surface area is 250 Å². The molecular weight excluding hydrogens is 561 g/mol. The van der Waals surface area contributed by atoms with Crippen LogP contribution >= 0.6 is 0 Å². The minimum atomic E-state index is -4.41. The Bertz CT molecular complexity index is 1330. The number of alkyl halides is 3. The average Bonchev–Trinajstić information content (AvgIpc) is 3.00. The van der Waals surface area contributed by atoms with Crippen LogP contribution in [0.25, 0.3) is 0 Å². The zero-order valence-electron chi connectivity index (χ0n) is 24.8. The molecule has 12 heteroatoms. The van der Waals surface area contributed by atoms with Crippen LogP contribution in [0.3, 0.4) is 0 Å². The van der Waals surface area contributed by atoms with Gasteiger partial charge in [-0.05, 0) is 73.6 Å². The number of aromatic nitrogens is 3. The number of benzene rings is 2. The third-order valence-electron chi connectivity index (χ3n) is 7.84. The van der Waals surface area contributed by atoms with Gasteiger partial charge in [0.15, 0.2) is 0 Å². The molecule has 1 aromatic heterocycles. The average molecular weight is 601 g/mol. The minimum absolute atomic E-state index is 0.243. The van der Waals surface area contributed by atoms with Gasteiger partial charge in [-0.3, -0.25) is 4.79 Å². The van der Waals surface area contributed by atoms with Crippen molar-refractivity contribution in [3.05, 3.63) is 59.7 Å². The first kappa shape index (κ1) is 31.8. The van der Waals surface area contributed by atoms with Gasteiger partial charge in [-0.15, -0.1) is 0 Å². The summed E-state index contributed by atoms with van der Waals surface area (Å²) in [7, 11) is 1.84. The third-order valence-corrected chi connectivity index (χ3v) is 7.84. The molecular formula is C31H39F3N6O3. The number of nitrogens with one attached hydrogen (secondary N) is 1. The number of carbonyl (C=O) groups is 1. The van der Waals surface area contributed by atoms with E-state index in [1.165, 1.54) is 12.1 Å². The molecule has 232 valence electrons. The number of rotatable bonds is 13. The van der Waals surface area contributed by atoms with Crippen LogP contribution in [0.2, 0.25) is 0 Å². The molecule has 1 aliphatic heterocycles. The van der Waals surface area contributed by atoms with Gasteiger partial charge in [-0.1, -0.05) is 32.4 Å². The Hall–Kier alpha value is -4.09. The lowest BCUT2D eigenvalue weighted by atomic mass is 9.95. The molecule has 0 radical (unpaired) electrons. The van der Waals surface area contributed by atoms with Crippen LogP contribution in [0, 0.1) is 11.8 Å². The number of aliphatic carboxylic acids is 1. The number of nitrogens with zero attached hydrogens (tertiary/aromatic N) is 5. The molecule has 0 spiro atoms. The Morgan fingerprint density at radius 2 is 1.74 bits per heavy atom. The van der Waals surface area contributed by atoms with Gasteiger partial charge in [0.1, 0.15) is 12.4 Å². The summed E-state index contributed by atoms with van der Waals surface area (Å²) in [6.45, 7) is 6.49. The lowest BCUT2D eigenvalue weighted by Gasteiger charge is -2.32. The Kier molecular flexibility index (Phi) is 10.7. The fourth-order valence-electron chi connectivity index (χ4n) is 4.95. The summed E-state index contributed by atoms with van der Waals surface area (Å²) in [5, 5.41) is 12.3. The van der Waals surface area contributed by atoms with Gasteiger partial charge in [-0.2, -0.15) is 28.1 Å². The van der Waals surface area contributed by atoms with E-state index in [1.54, 1.807) is 0 Å². The number of anilines is 4. The maximum Gasteiger partial charge on any atom is 0.416 e. The molecule has 0 aliphatic carbocycles. The molecule has 43 heavy (non-hydrogen) atoms. The second-order valence-corrected chi connectivity index (χ2v) is 10.9. The van der Waals surface area contributed by atoms with E-state index in [4.69, 9.17) is 9.72 Å². The smallest absolute Gasteiger partial charge is 0.416 e. The van der Waals surface area contributed by atoms with Crippen LogP contribution in [-0.4, -0.2) is 59.3 Å². The van der Waals surface area contributed by atoms with Crippen molar-refractivity contribution >= 4 is 29.5 Å². The molecule has 0 bridgehead atoms. The predicted molar refractivity (Wildman–Crippen MR) is 160 cm³/mol. The molecule has 0 saturated carbocycles. The van der Waals surface area contributed by atoms with Crippen molar-refractivity contribution in [2.45, 2.75) is 52.1 Å². The zero-order valence-corrected chi connectivity index (χ0v) is 24.8. The number of halogens is 3. The fourth-order valence-corrected chi connectivity index (χ4v) is 4.95. The molecule has 1 fully saturated rings. The van der Waals surface area contributed by atoms with E-state index in [-0.39, 0.29) is 5.95 Å². The zero-order chi connectivity index (χ0) is 31.0. The molecule has 9 nitrogen and oxygen atoms in total. The number of ether oxygens (including phenoxy) is 1. The van der Waals surface area contributed by atoms with E-state index < -0.39 is 23.6 Å². The highest BCUT2D eigenvalue weighted by atomic mass is 19.4. The van der Waals surface area contributed by atoms with Crippen LogP contribution in [0.4, 0.5) is 36.7 Å². The number of piperidine rings is 1. The van der Waals surface area contributed by atoms with Gasteiger partial charge in [0, 0.05) is 25.8 Å². The van der Waals surface area contributed by atoms with E-state index >= 15 is 0 Å². The topological polar surface area (TPSA) is 104 Å². The Balaban J connectivity index is 1.44. The summed E-state index contributed by atoms with van der Waals surface area (Å²) < 4.78 is 45.0. The molecule has 1 unspecified atom stereocenters. The molecule has 1 aliphatic rings. The fraction of sp³-hybridized carbons (Fsp3) is 0.484. The largest absolute Gasteiger partial charge is 0.492 e. The first-order valence-corrected chi connectivity index (χ1v) is 14.7. The van der Waals surface area contributed by atoms with Crippen molar-refractivity contribution < 1.29 is 27.8 Å². The normalized spacial score (nSPS) is 14.8. The van der Waals surface area contributed by atoms with Gasteiger partial charge in [-0.25, -0.2) is 0 Å². The van der Waals surface area contributed by atoms with Crippen LogP contribution in [0.1, 0.15) is 50.7 Å². The number of carboxylic acids is 1. The number of hydrogen-bond acceptors (Lipinski definition) is 8. The van der Waals surface area contributed by atoms with Crippen molar-refractivity contribution in [1.82, 2.24) is 15.0 Å². The van der Waals surface area contributed by atoms with Crippen molar-refractivity contribution in [1.29, 1.82) is 0 Å². The van der Waals surface area contributed by atoms with Crippen LogP contribution in [0.15, 0.2) is 48.5 Å². The number of likely N-dealkylation sites (N-methyl/N-ethyl adjacent to an activating group) is 1. The van der Waals surface area contributed by atoms with E-state index in [9.17, 15) is 23.1 Å². The maximum atomic E-state index is 13.0. The highest BCUT2D eigenvalue weighted by Gasteiger charge is 2.30. The van der Waals surface area contributed by atoms with Crippen LogP contribution in [-0.2, 0) is 17.4 Å².